The van der Waals surface area contributed by atoms with Crippen LogP contribution >= 0.6 is 0 Å². The van der Waals surface area contributed by atoms with Crippen LogP contribution in [0.3, 0.4) is 0 Å². The number of nitrogens with zero attached hydrogens (tertiary/aromatic N) is 1. The molecule has 0 spiro atoms. The number of aromatic nitrogens is 1. The molecule has 0 radical (unpaired) electrons. The van der Waals surface area contributed by atoms with Crippen LogP contribution in [0.2, 0.25) is 0 Å². The number of hydrogen-bond donors (Lipinski definition) is 3. The summed E-state index contributed by atoms with van der Waals surface area (Å²) in [5.41, 5.74) is 5.41. The van der Waals surface area contributed by atoms with Crippen LogP contribution in [0.1, 0.15) is 10.4 Å². The van der Waals surface area contributed by atoms with Crippen molar-refractivity contribution < 1.29 is 27.8 Å². The predicted molar refractivity (Wildman–Crippen MR) is 61.0 cm³/mol. The molecule has 1 aromatic rings. The van der Waals surface area contributed by atoms with Gasteiger partial charge in [-0.2, -0.15) is 13.2 Å². The summed E-state index contributed by atoms with van der Waals surface area (Å²) in [6.45, 7) is -1.59. The molecule has 0 fully saturated rings. The molecular weight excluding hydrogens is 267 g/mol. The Morgan fingerprint density at radius 1 is 1.53 bits per heavy atom. The molecule has 0 bridgehead atoms. The number of aromatic carboxylic acids is 1. The minimum atomic E-state index is -4.38. The van der Waals surface area contributed by atoms with Crippen LogP contribution in [0, 0.1) is 0 Å². The lowest BCUT2D eigenvalue weighted by molar-refractivity contribution is -0.172. The summed E-state index contributed by atoms with van der Waals surface area (Å²) in [5.74, 6) is -1.21. The van der Waals surface area contributed by atoms with Crippen molar-refractivity contribution in [2.24, 2.45) is 0 Å². The molecule has 1 rings (SSSR count). The van der Waals surface area contributed by atoms with Gasteiger partial charge in [0.05, 0.1) is 18.5 Å². The van der Waals surface area contributed by atoms with E-state index in [4.69, 9.17) is 10.8 Å². The molecule has 1 aromatic heterocycles. The van der Waals surface area contributed by atoms with Crippen molar-refractivity contribution in [3.8, 4) is 0 Å². The molecule has 1 heterocycles. The summed E-state index contributed by atoms with van der Waals surface area (Å²) < 4.78 is 39.7. The average molecular weight is 279 g/mol. The van der Waals surface area contributed by atoms with E-state index < -0.39 is 18.8 Å². The zero-order valence-corrected chi connectivity index (χ0v) is 9.70. The molecule has 19 heavy (non-hydrogen) atoms. The molecule has 9 heteroatoms. The van der Waals surface area contributed by atoms with Gasteiger partial charge in [-0.25, -0.2) is 9.78 Å². The number of rotatable bonds is 6. The second kappa shape index (κ2) is 6.23. The number of carbonyl (C=O) groups is 1. The molecule has 0 saturated carbocycles. The van der Waals surface area contributed by atoms with E-state index in [9.17, 15) is 18.0 Å². The van der Waals surface area contributed by atoms with Gasteiger partial charge in [0.2, 0.25) is 0 Å². The van der Waals surface area contributed by atoms with Crippen molar-refractivity contribution in [1.82, 2.24) is 4.98 Å². The van der Waals surface area contributed by atoms with Crippen LogP contribution in [0.15, 0.2) is 12.3 Å². The first kappa shape index (κ1) is 15.0. The normalized spacial score (nSPS) is 11.3. The van der Waals surface area contributed by atoms with Gasteiger partial charge in [0.25, 0.3) is 0 Å². The molecule has 0 atom stereocenters. The van der Waals surface area contributed by atoms with Gasteiger partial charge in [-0.05, 0) is 6.07 Å². The number of nitrogen functional groups attached to an aromatic ring is 1. The van der Waals surface area contributed by atoms with Gasteiger partial charge in [-0.15, -0.1) is 0 Å². The Morgan fingerprint density at radius 2 is 2.21 bits per heavy atom. The topological polar surface area (TPSA) is 97.5 Å². The number of anilines is 2. The van der Waals surface area contributed by atoms with E-state index in [2.05, 4.69) is 15.0 Å². The summed E-state index contributed by atoms with van der Waals surface area (Å²) in [4.78, 5) is 14.6. The molecule has 4 N–H and O–H groups in total. The number of halogens is 3. The van der Waals surface area contributed by atoms with E-state index in [0.29, 0.717) is 0 Å². The predicted octanol–water partition coefficient (Wildman–Crippen LogP) is 1.35. The Labute approximate surface area is 106 Å². The van der Waals surface area contributed by atoms with Gasteiger partial charge in [0.15, 0.2) is 0 Å². The van der Waals surface area contributed by atoms with Gasteiger partial charge in [0.1, 0.15) is 18.0 Å². The van der Waals surface area contributed by atoms with Crippen LogP contribution in [0.5, 0.6) is 0 Å². The molecule has 0 saturated heterocycles. The van der Waals surface area contributed by atoms with Crippen LogP contribution in [0.4, 0.5) is 24.7 Å². The third-order valence-corrected chi connectivity index (χ3v) is 1.94. The largest absolute Gasteiger partial charge is 0.478 e. The molecule has 0 aliphatic heterocycles. The van der Waals surface area contributed by atoms with Gasteiger partial charge in [-0.3, -0.25) is 0 Å². The minimum Gasteiger partial charge on any atom is -0.478 e. The fourth-order valence-corrected chi connectivity index (χ4v) is 1.21. The summed E-state index contributed by atoms with van der Waals surface area (Å²) >= 11 is 0. The Balaban J connectivity index is 2.47. The van der Waals surface area contributed by atoms with E-state index in [1.54, 1.807) is 0 Å². The van der Waals surface area contributed by atoms with Crippen molar-refractivity contribution in [3.05, 3.63) is 17.8 Å². The SMILES string of the molecule is Nc1cnc(NCCOCC(F)(F)F)c(C(=O)O)c1. The quantitative estimate of drug-likeness (QED) is 0.680. The van der Waals surface area contributed by atoms with Crippen molar-refractivity contribution >= 4 is 17.5 Å². The third kappa shape index (κ3) is 5.42. The lowest BCUT2D eigenvalue weighted by atomic mass is 10.2. The second-order valence-electron chi connectivity index (χ2n) is 3.56. The number of alkyl halides is 3. The van der Waals surface area contributed by atoms with Gasteiger partial charge in [-0.1, -0.05) is 0 Å². The van der Waals surface area contributed by atoms with E-state index >= 15 is 0 Å². The number of nitrogens with two attached hydrogens (primary N) is 1. The van der Waals surface area contributed by atoms with Crippen molar-refractivity contribution in [2.75, 3.05) is 30.8 Å². The molecular formula is C10H12F3N3O3. The minimum absolute atomic E-state index is 0.00667. The Morgan fingerprint density at radius 3 is 2.79 bits per heavy atom. The summed E-state index contributed by atoms with van der Waals surface area (Å²) in [7, 11) is 0. The molecule has 0 aliphatic rings. The van der Waals surface area contributed by atoms with Gasteiger partial charge in [0, 0.05) is 6.54 Å². The molecule has 0 amide bonds. The Kier molecular flexibility index (Phi) is 4.93. The third-order valence-electron chi connectivity index (χ3n) is 1.94. The number of carboxylic acids is 1. The highest BCUT2D eigenvalue weighted by molar-refractivity contribution is 5.94. The first-order valence-corrected chi connectivity index (χ1v) is 5.17. The fraction of sp³-hybridized carbons (Fsp3) is 0.400. The maximum atomic E-state index is 11.8. The van der Waals surface area contributed by atoms with E-state index in [1.165, 1.54) is 12.3 Å². The second-order valence-corrected chi connectivity index (χ2v) is 3.56. The zero-order valence-electron chi connectivity index (χ0n) is 9.70. The van der Waals surface area contributed by atoms with E-state index in [0.717, 1.165) is 0 Å². The Hall–Kier alpha value is -2.03. The average Bonchev–Trinajstić information content (AvgIpc) is 2.28. The summed E-state index contributed by atoms with van der Waals surface area (Å²) in [6.07, 6.45) is -3.14. The van der Waals surface area contributed by atoms with Crippen LogP contribution in [0.25, 0.3) is 0 Å². The van der Waals surface area contributed by atoms with Crippen molar-refractivity contribution in [3.63, 3.8) is 0 Å². The number of carboxylic acid groups (broad SMARTS) is 1. The highest BCUT2D eigenvalue weighted by Crippen LogP contribution is 2.16. The maximum Gasteiger partial charge on any atom is 0.411 e. The highest BCUT2D eigenvalue weighted by atomic mass is 19.4. The van der Waals surface area contributed by atoms with Gasteiger partial charge >= 0.3 is 12.1 Å². The molecule has 0 unspecified atom stereocenters. The highest BCUT2D eigenvalue weighted by Gasteiger charge is 2.27. The van der Waals surface area contributed by atoms with Crippen LogP contribution in [-0.4, -0.2) is 42.0 Å². The zero-order chi connectivity index (χ0) is 14.5. The molecule has 0 aliphatic carbocycles. The molecule has 106 valence electrons. The van der Waals surface area contributed by atoms with E-state index in [-0.39, 0.29) is 30.2 Å². The fourth-order valence-electron chi connectivity index (χ4n) is 1.21. The smallest absolute Gasteiger partial charge is 0.411 e. The lowest BCUT2D eigenvalue weighted by Gasteiger charge is -2.10. The van der Waals surface area contributed by atoms with Crippen molar-refractivity contribution in [2.45, 2.75) is 6.18 Å². The van der Waals surface area contributed by atoms with Gasteiger partial charge < -0.3 is 20.9 Å². The number of ether oxygens (including phenoxy) is 1. The Bertz CT molecular complexity index is 451. The van der Waals surface area contributed by atoms with E-state index in [1.807, 2.05) is 0 Å². The van der Waals surface area contributed by atoms with Crippen molar-refractivity contribution in [1.29, 1.82) is 0 Å². The summed E-state index contributed by atoms with van der Waals surface area (Å²) in [5, 5.41) is 11.5. The number of pyridine rings is 1. The summed E-state index contributed by atoms with van der Waals surface area (Å²) in [6, 6.07) is 1.20. The van der Waals surface area contributed by atoms with Crippen LogP contribution < -0.4 is 11.1 Å². The number of hydrogen-bond acceptors (Lipinski definition) is 5. The standard InChI is InChI=1S/C10H12F3N3O3/c11-10(12,13)5-19-2-1-15-8-7(9(17)18)3-6(14)4-16-8/h3-4H,1-2,5,14H2,(H,15,16)(H,17,18). The number of nitrogens with one attached hydrogen (secondary N) is 1. The lowest BCUT2D eigenvalue weighted by Crippen LogP contribution is -2.20. The maximum absolute atomic E-state index is 11.8. The molecule has 0 aromatic carbocycles. The first-order chi connectivity index (χ1) is 8.79. The monoisotopic (exact) mass is 279 g/mol. The first-order valence-electron chi connectivity index (χ1n) is 5.17. The van der Waals surface area contributed by atoms with Crippen LogP contribution in [-0.2, 0) is 4.74 Å². The molecule has 6 nitrogen and oxygen atoms in total.